The number of carbonyl (C=O) groups excluding carboxylic acids is 1. The predicted octanol–water partition coefficient (Wildman–Crippen LogP) is 3.55. The zero-order valence-corrected chi connectivity index (χ0v) is 14.1. The van der Waals surface area contributed by atoms with Crippen LogP contribution in [0.3, 0.4) is 0 Å². The highest BCUT2D eigenvalue weighted by Gasteiger charge is 2.07. The van der Waals surface area contributed by atoms with Gasteiger partial charge in [-0.05, 0) is 42.0 Å². The van der Waals surface area contributed by atoms with E-state index in [0.717, 1.165) is 5.69 Å². The molecule has 0 unspecified atom stereocenters. The van der Waals surface area contributed by atoms with Crippen LogP contribution in [0.1, 0.15) is 5.56 Å². The number of hydrogen-bond acceptors (Lipinski definition) is 5. The van der Waals surface area contributed by atoms with Crippen LogP contribution in [0.15, 0.2) is 60.7 Å². The number of aromatic nitrogens is 2. The van der Waals surface area contributed by atoms with E-state index < -0.39 is 0 Å². The van der Waals surface area contributed by atoms with E-state index in [9.17, 15) is 9.18 Å². The van der Waals surface area contributed by atoms with Gasteiger partial charge >= 0.3 is 0 Å². The van der Waals surface area contributed by atoms with Crippen LogP contribution in [0.25, 0.3) is 0 Å². The Morgan fingerprint density at radius 2 is 1.81 bits per heavy atom. The van der Waals surface area contributed by atoms with Gasteiger partial charge in [0.25, 0.3) is 0 Å². The van der Waals surface area contributed by atoms with Crippen molar-refractivity contribution in [3.8, 4) is 5.75 Å². The van der Waals surface area contributed by atoms with Gasteiger partial charge < -0.3 is 15.4 Å². The molecule has 1 aromatic heterocycles. The number of carbonyl (C=O) groups is 1. The highest BCUT2D eigenvalue weighted by Crippen LogP contribution is 2.26. The minimum absolute atomic E-state index is 0.0562. The zero-order valence-electron chi connectivity index (χ0n) is 14.1. The van der Waals surface area contributed by atoms with Crippen LogP contribution in [-0.4, -0.2) is 23.2 Å². The summed E-state index contributed by atoms with van der Waals surface area (Å²) in [5.41, 5.74) is 1.34. The van der Waals surface area contributed by atoms with Crippen molar-refractivity contribution >= 4 is 23.2 Å². The lowest BCUT2D eigenvalue weighted by atomic mass is 10.1. The molecule has 132 valence electrons. The molecule has 1 heterocycles. The van der Waals surface area contributed by atoms with Crippen molar-refractivity contribution in [2.75, 3.05) is 17.7 Å². The number of halogens is 1. The molecule has 1 amide bonds. The number of anilines is 3. The van der Waals surface area contributed by atoms with Crippen LogP contribution in [0, 0.1) is 5.82 Å². The number of benzene rings is 2. The van der Waals surface area contributed by atoms with Gasteiger partial charge in [-0.2, -0.15) is 0 Å². The van der Waals surface area contributed by atoms with Gasteiger partial charge in [0.2, 0.25) is 5.91 Å². The molecule has 6 nitrogen and oxygen atoms in total. The van der Waals surface area contributed by atoms with Crippen molar-refractivity contribution in [2.24, 2.45) is 0 Å². The smallest absolute Gasteiger partial charge is 0.229 e. The number of amides is 1. The average Bonchev–Trinajstić information content (AvgIpc) is 2.64. The first-order valence-corrected chi connectivity index (χ1v) is 7.92. The number of nitrogens with zero attached hydrogens (tertiary/aromatic N) is 2. The monoisotopic (exact) mass is 352 g/mol. The lowest BCUT2D eigenvalue weighted by molar-refractivity contribution is -0.115. The first-order valence-electron chi connectivity index (χ1n) is 7.92. The molecule has 2 N–H and O–H groups in total. The maximum Gasteiger partial charge on any atom is 0.229 e. The second-order valence-electron chi connectivity index (χ2n) is 5.48. The highest BCUT2D eigenvalue weighted by molar-refractivity contribution is 5.91. The molecule has 26 heavy (non-hydrogen) atoms. The predicted molar refractivity (Wildman–Crippen MR) is 97.0 cm³/mol. The van der Waals surface area contributed by atoms with Gasteiger partial charge in [-0.15, -0.1) is 10.2 Å². The van der Waals surface area contributed by atoms with Gasteiger partial charge in [0, 0.05) is 0 Å². The third-order valence-corrected chi connectivity index (χ3v) is 3.56. The number of methoxy groups -OCH3 is 1. The van der Waals surface area contributed by atoms with E-state index in [-0.39, 0.29) is 18.1 Å². The maximum atomic E-state index is 13.2. The summed E-state index contributed by atoms with van der Waals surface area (Å²) in [5.74, 6) is 0.841. The van der Waals surface area contributed by atoms with Gasteiger partial charge in [-0.25, -0.2) is 4.39 Å². The molecule has 0 aliphatic rings. The van der Waals surface area contributed by atoms with Crippen LogP contribution >= 0.6 is 0 Å². The lowest BCUT2D eigenvalue weighted by Crippen LogP contribution is -2.15. The first kappa shape index (κ1) is 17.3. The van der Waals surface area contributed by atoms with Gasteiger partial charge in [-0.1, -0.05) is 24.3 Å². The number of rotatable bonds is 6. The Bertz CT molecular complexity index is 900. The Morgan fingerprint density at radius 1 is 1.04 bits per heavy atom. The molecule has 0 radical (unpaired) electrons. The van der Waals surface area contributed by atoms with E-state index in [1.54, 1.807) is 31.4 Å². The Hall–Kier alpha value is -3.48. The minimum atomic E-state index is -0.373. The van der Waals surface area contributed by atoms with Gasteiger partial charge in [-0.3, -0.25) is 4.79 Å². The van der Waals surface area contributed by atoms with Crippen LogP contribution in [-0.2, 0) is 11.2 Å². The van der Waals surface area contributed by atoms with Gasteiger partial charge in [0.15, 0.2) is 11.6 Å². The molecule has 0 saturated heterocycles. The second kappa shape index (κ2) is 8.06. The van der Waals surface area contributed by atoms with E-state index in [1.807, 2.05) is 24.3 Å². The van der Waals surface area contributed by atoms with Gasteiger partial charge in [0.05, 0.1) is 19.2 Å². The molecule has 0 spiro atoms. The normalized spacial score (nSPS) is 10.2. The van der Waals surface area contributed by atoms with E-state index in [0.29, 0.717) is 22.9 Å². The largest absolute Gasteiger partial charge is 0.495 e. The molecule has 0 atom stereocenters. The van der Waals surface area contributed by atoms with Crippen molar-refractivity contribution in [1.82, 2.24) is 10.2 Å². The number of ether oxygens (including phenoxy) is 1. The molecule has 0 saturated carbocycles. The standard InChI is InChI=1S/C19H17FN4O2/c1-26-16-8-3-2-7-15(16)21-17-9-10-18(24-23-17)22-19(25)12-13-5-4-6-14(20)11-13/h2-11H,12H2,1H3,(H,21,23)(H,22,24,25). The van der Waals surface area contributed by atoms with Crippen molar-refractivity contribution < 1.29 is 13.9 Å². The molecular weight excluding hydrogens is 335 g/mol. The van der Waals surface area contributed by atoms with Crippen molar-refractivity contribution in [1.29, 1.82) is 0 Å². The Kier molecular flexibility index (Phi) is 5.38. The van der Waals surface area contributed by atoms with Crippen LogP contribution in [0.2, 0.25) is 0 Å². The molecule has 7 heteroatoms. The van der Waals surface area contributed by atoms with Crippen molar-refractivity contribution in [3.63, 3.8) is 0 Å². The summed E-state index contributed by atoms with van der Waals surface area (Å²) >= 11 is 0. The minimum Gasteiger partial charge on any atom is -0.495 e. The van der Waals surface area contributed by atoms with Gasteiger partial charge in [0.1, 0.15) is 11.6 Å². The van der Waals surface area contributed by atoms with Crippen molar-refractivity contribution in [2.45, 2.75) is 6.42 Å². The second-order valence-corrected chi connectivity index (χ2v) is 5.48. The number of hydrogen-bond donors (Lipinski definition) is 2. The Balaban J connectivity index is 1.61. The molecule has 0 aliphatic carbocycles. The van der Waals surface area contributed by atoms with Crippen LogP contribution < -0.4 is 15.4 Å². The molecule has 0 aliphatic heterocycles. The molecule has 0 fully saturated rings. The molecule has 0 bridgehead atoms. The Labute approximate surface area is 150 Å². The topological polar surface area (TPSA) is 76.1 Å². The first-order chi connectivity index (χ1) is 12.6. The third kappa shape index (κ3) is 4.54. The Morgan fingerprint density at radius 3 is 2.54 bits per heavy atom. The summed E-state index contributed by atoms with van der Waals surface area (Å²) in [5, 5.41) is 13.7. The fraction of sp³-hybridized carbons (Fsp3) is 0.105. The van der Waals surface area contributed by atoms with E-state index >= 15 is 0 Å². The fourth-order valence-corrected chi connectivity index (χ4v) is 2.37. The molecule has 2 aromatic carbocycles. The summed E-state index contributed by atoms with van der Waals surface area (Å²) in [7, 11) is 1.59. The number of nitrogens with one attached hydrogen (secondary N) is 2. The van der Waals surface area contributed by atoms with E-state index in [1.165, 1.54) is 12.1 Å². The number of para-hydroxylation sites is 2. The summed E-state index contributed by atoms with van der Waals surface area (Å²) in [6.07, 6.45) is 0.0562. The fourth-order valence-electron chi connectivity index (χ4n) is 2.37. The summed E-state index contributed by atoms with van der Waals surface area (Å²) in [6.45, 7) is 0. The van der Waals surface area contributed by atoms with Crippen molar-refractivity contribution in [3.05, 3.63) is 72.0 Å². The maximum absolute atomic E-state index is 13.2. The summed E-state index contributed by atoms with van der Waals surface area (Å²) in [4.78, 5) is 12.0. The SMILES string of the molecule is COc1ccccc1Nc1ccc(NC(=O)Cc2cccc(F)c2)nn1. The average molecular weight is 352 g/mol. The molecule has 3 aromatic rings. The zero-order chi connectivity index (χ0) is 18.4. The van der Waals surface area contributed by atoms with E-state index in [2.05, 4.69) is 20.8 Å². The highest BCUT2D eigenvalue weighted by atomic mass is 19.1. The lowest BCUT2D eigenvalue weighted by Gasteiger charge is -2.10. The van der Waals surface area contributed by atoms with Crippen LogP contribution in [0.4, 0.5) is 21.7 Å². The molecule has 3 rings (SSSR count). The summed E-state index contributed by atoms with van der Waals surface area (Å²) < 4.78 is 18.4. The van der Waals surface area contributed by atoms with Crippen LogP contribution in [0.5, 0.6) is 5.75 Å². The third-order valence-electron chi connectivity index (χ3n) is 3.56. The van der Waals surface area contributed by atoms with E-state index in [4.69, 9.17) is 4.74 Å². The quantitative estimate of drug-likeness (QED) is 0.709. The summed E-state index contributed by atoms with van der Waals surface area (Å²) in [6, 6.07) is 16.7. The molecular formula is C19H17FN4O2.